The number of aromatic nitrogens is 1. The average Bonchev–Trinajstić information content (AvgIpc) is 2.08. The van der Waals surface area contributed by atoms with Gasteiger partial charge in [0, 0.05) is 0 Å². The van der Waals surface area contributed by atoms with E-state index in [2.05, 4.69) is 4.98 Å². The lowest BCUT2D eigenvalue weighted by Crippen LogP contribution is -2.13. The van der Waals surface area contributed by atoms with Crippen molar-refractivity contribution in [2.75, 3.05) is 5.73 Å². The maximum absolute atomic E-state index is 12.2. The molecule has 0 radical (unpaired) electrons. The van der Waals surface area contributed by atoms with Crippen molar-refractivity contribution in [3.05, 3.63) is 17.3 Å². The van der Waals surface area contributed by atoms with Gasteiger partial charge < -0.3 is 16.6 Å². The molecule has 0 aliphatic rings. The molecule has 1 aromatic heterocycles. The first-order chi connectivity index (χ1) is 6.43. The first kappa shape index (κ1) is 10.2. The number of rotatable bonds is 2. The second-order valence-electron chi connectivity index (χ2n) is 2.49. The molecule has 0 bridgehead atoms. The second kappa shape index (κ2) is 3.44. The van der Waals surface area contributed by atoms with E-state index in [9.17, 15) is 13.6 Å². The molecule has 0 aliphatic heterocycles. The number of anilines is 1. The van der Waals surface area contributed by atoms with Crippen molar-refractivity contribution in [2.24, 2.45) is 5.73 Å². The molecule has 5 nitrogen and oxygen atoms in total. The number of carbonyl (C=O) groups excluding carboxylic acids is 1. The van der Waals surface area contributed by atoms with Crippen LogP contribution in [0.5, 0.6) is 5.75 Å². The van der Waals surface area contributed by atoms with Gasteiger partial charge in [-0.25, -0.2) is 13.8 Å². The van der Waals surface area contributed by atoms with Crippen molar-refractivity contribution >= 4 is 11.7 Å². The topological polar surface area (TPSA) is 102 Å². The fourth-order valence-electron chi connectivity index (χ4n) is 0.878. The summed E-state index contributed by atoms with van der Waals surface area (Å²) < 4.78 is 24.3. The molecule has 0 saturated heterocycles. The molecule has 0 saturated carbocycles. The average molecular weight is 203 g/mol. The Balaban J connectivity index is 3.35. The Bertz CT molecular complexity index is 381. The van der Waals surface area contributed by atoms with E-state index in [4.69, 9.17) is 16.6 Å². The van der Waals surface area contributed by atoms with Gasteiger partial charge in [-0.15, -0.1) is 0 Å². The summed E-state index contributed by atoms with van der Waals surface area (Å²) >= 11 is 0. The van der Waals surface area contributed by atoms with E-state index in [1.54, 1.807) is 0 Å². The normalized spacial score (nSPS) is 10.5. The minimum atomic E-state index is -2.88. The number of nitrogens with zero attached hydrogens (tertiary/aromatic N) is 1. The lowest BCUT2D eigenvalue weighted by atomic mass is 10.2. The van der Waals surface area contributed by atoms with Gasteiger partial charge in [0.15, 0.2) is 11.6 Å². The Morgan fingerprint density at radius 1 is 1.57 bits per heavy atom. The fraction of sp³-hybridized carbons (Fsp3) is 0.143. The van der Waals surface area contributed by atoms with Crippen LogP contribution in [0.15, 0.2) is 6.07 Å². The summed E-state index contributed by atoms with van der Waals surface area (Å²) in [6.07, 6.45) is -2.88. The number of pyridine rings is 1. The fourth-order valence-corrected chi connectivity index (χ4v) is 0.878. The number of hydrogen-bond acceptors (Lipinski definition) is 4. The van der Waals surface area contributed by atoms with Crippen LogP contribution >= 0.6 is 0 Å². The third kappa shape index (κ3) is 1.70. The van der Waals surface area contributed by atoms with Gasteiger partial charge in [0.25, 0.3) is 12.3 Å². The van der Waals surface area contributed by atoms with Gasteiger partial charge in [0.1, 0.15) is 5.69 Å². The van der Waals surface area contributed by atoms with E-state index < -0.39 is 35.2 Å². The SMILES string of the molecule is NC(=O)c1cc(C(F)F)nc(N)c1O. The highest BCUT2D eigenvalue weighted by molar-refractivity contribution is 5.96. The van der Waals surface area contributed by atoms with Crippen molar-refractivity contribution in [3.63, 3.8) is 0 Å². The zero-order chi connectivity index (χ0) is 10.9. The molecule has 7 heteroatoms. The largest absolute Gasteiger partial charge is 0.504 e. The van der Waals surface area contributed by atoms with Crippen LogP contribution in [0.3, 0.4) is 0 Å². The standard InChI is InChI=1S/C7H7F2N3O2/c8-5(9)3-1-2(7(11)14)4(13)6(10)12-3/h1,5,13H,(H2,10,12)(H2,11,14). The maximum Gasteiger partial charge on any atom is 0.280 e. The molecule has 14 heavy (non-hydrogen) atoms. The monoisotopic (exact) mass is 203 g/mol. The highest BCUT2D eigenvalue weighted by atomic mass is 19.3. The number of nitrogen functional groups attached to an aromatic ring is 1. The van der Waals surface area contributed by atoms with E-state index in [0.717, 1.165) is 0 Å². The number of amides is 1. The molecule has 0 fully saturated rings. The lowest BCUT2D eigenvalue weighted by molar-refractivity contribution is 0.0997. The van der Waals surface area contributed by atoms with E-state index in [1.165, 1.54) is 0 Å². The summed E-state index contributed by atoms with van der Waals surface area (Å²) in [4.78, 5) is 13.9. The summed E-state index contributed by atoms with van der Waals surface area (Å²) in [5.74, 6) is -2.27. The van der Waals surface area contributed by atoms with Crippen molar-refractivity contribution in [1.82, 2.24) is 4.98 Å². The Morgan fingerprint density at radius 2 is 2.14 bits per heavy atom. The Morgan fingerprint density at radius 3 is 2.57 bits per heavy atom. The molecule has 1 amide bonds. The Labute approximate surface area is 77.3 Å². The van der Waals surface area contributed by atoms with Crippen LogP contribution in [0.25, 0.3) is 0 Å². The quantitative estimate of drug-likeness (QED) is 0.647. The van der Waals surface area contributed by atoms with Gasteiger partial charge in [-0.3, -0.25) is 4.79 Å². The smallest absolute Gasteiger partial charge is 0.280 e. The molecular weight excluding hydrogens is 196 g/mol. The molecule has 0 spiro atoms. The predicted octanol–water partition coefficient (Wildman–Crippen LogP) is 0.406. The molecule has 1 aromatic rings. The van der Waals surface area contributed by atoms with Gasteiger partial charge in [0.05, 0.1) is 5.56 Å². The third-order valence-corrected chi connectivity index (χ3v) is 1.53. The van der Waals surface area contributed by atoms with Gasteiger partial charge in [-0.05, 0) is 6.07 Å². The minimum absolute atomic E-state index is 0.465. The Kier molecular flexibility index (Phi) is 2.50. The highest BCUT2D eigenvalue weighted by Crippen LogP contribution is 2.27. The van der Waals surface area contributed by atoms with Crippen LogP contribution in [0.4, 0.5) is 14.6 Å². The zero-order valence-electron chi connectivity index (χ0n) is 6.87. The van der Waals surface area contributed by atoms with Crippen molar-refractivity contribution in [3.8, 4) is 5.75 Å². The van der Waals surface area contributed by atoms with Crippen LogP contribution in [-0.4, -0.2) is 16.0 Å². The zero-order valence-corrected chi connectivity index (χ0v) is 6.87. The number of aromatic hydroxyl groups is 1. The number of alkyl halides is 2. The van der Waals surface area contributed by atoms with Crippen LogP contribution in [0.1, 0.15) is 22.5 Å². The molecule has 0 atom stereocenters. The molecule has 1 rings (SSSR count). The number of nitrogens with two attached hydrogens (primary N) is 2. The molecule has 0 aromatic carbocycles. The molecular formula is C7H7F2N3O2. The number of halogens is 2. The van der Waals surface area contributed by atoms with E-state index in [-0.39, 0.29) is 0 Å². The number of hydrogen-bond donors (Lipinski definition) is 3. The third-order valence-electron chi connectivity index (χ3n) is 1.53. The molecule has 1 heterocycles. The number of primary amides is 1. The van der Waals surface area contributed by atoms with Gasteiger partial charge in [-0.2, -0.15) is 0 Å². The first-order valence-corrected chi connectivity index (χ1v) is 3.50. The first-order valence-electron chi connectivity index (χ1n) is 3.50. The van der Waals surface area contributed by atoms with Crippen molar-refractivity contribution in [1.29, 1.82) is 0 Å². The summed E-state index contributed by atoms with van der Waals surface area (Å²) in [5, 5.41) is 9.14. The maximum atomic E-state index is 12.2. The minimum Gasteiger partial charge on any atom is -0.504 e. The highest BCUT2D eigenvalue weighted by Gasteiger charge is 2.18. The van der Waals surface area contributed by atoms with Crippen LogP contribution in [0.2, 0.25) is 0 Å². The van der Waals surface area contributed by atoms with Crippen LogP contribution < -0.4 is 11.5 Å². The van der Waals surface area contributed by atoms with Crippen LogP contribution in [0, 0.1) is 0 Å². The van der Waals surface area contributed by atoms with Gasteiger partial charge >= 0.3 is 0 Å². The van der Waals surface area contributed by atoms with Crippen molar-refractivity contribution in [2.45, 2.75) is 6.43 Å². The summed E-state index contributed by atoms with van der Waals surface area (Å²) in [6, 6.07) is 0.707. The second-order valence-corrected chi connectivity index (χ2v) is 2.49. The predicted molar refractivity (Wildman–Crippen MR) is 43.8 cm³/mol. The van der Waals surface area contributed by atoms with Crippen LogP contribution in [-0.2, 0) is 0 Å². The summed E-state index contributed by atoms with van der Waals surface area (Å²) in [5.41, 5.74) is 8.76. The summed E-state index contributed by atoms with van der Waals surface area (Å²) in [7, 11) is 0. The molecule has 0 aliphatic carbocycles. The molecule has 76 valence electrons. The lowest BCUT2D eigenvalue weighted by Gasteiger charge is -2.06. The van der Waals surface area contributed by atoms with Crippen molar-refractivity contribution < 1.29 is 18.7 Å². The van der Waals surface area contributed by atoms with E-state index >= 15 is 0 Å². The van der Waals surface area contributed by atoms with Gasteiger partial charge in [0.2, 0.25) is 0 Å². The molecule has 5 N–H and O–H groups in total. The van der Waals surface area contributed by atoms with E-state index in [1.807, 2.05) is 0 Å². The van der Waals surface area contributed by atoms with E-state index in [0.29, 0.717) is 6.07 Å². The molecule has 0 unspecified atom stereocenters. The summed E-state index contributed by atoms with van der Waals surface area (Å²) in [6.45, 7) is 0. The Hall–Kier alpha value is -1.92. The van der Waals surface area contributed by atoms with Gasteiger partial charge in [-0.1, -0.05) is 0 Å². The number of carbonyl (C=O) groups is 1.